The molecule has 2 N–H and O–H groups in total. The van der Waals surface area contributed by atoms with Crippen LogP contribution in [-0.4, -0.2) is 19.9 Å². The number of rotatable bonds is 3. The quantitative estimate of drug-likeness (QED) is 0.802. The number of nitrogens with two attached hydrogens (primary N) is 1. The third kappa shape index (κ3) is 2.74. The predicted octanol–water partition coefficient (Wildman–Crippen LogP) is 1.18. The second-order valence-corrected chi connectivity index (χ2v) is 4.18. The van der Waals surface area contributed by atoms with Gasteiger partial charge in [-0.05, 0) is 24.2 Å². The number of aromatic nitrogens is 4. The van der Waals surface area contributed by atoms with E-state index in [-0.39, 0.29) is 0 Å². The van der Waals surface area contributed by atoms with Crippen LogP contribution in [0.25, 0.3) is 0 Å². The van der Waals surface area contributed by atoms with Crippen molar-refractivity contribution in [3.63, 3.8) is 0 Å². The van der Waals surface area contributed by atoms with Crippen LogP contribution in [0.5, 0.6) is 0 Å². The lowest BCUT2D eigenvalue weighted by Gasteiger charge is -2.00. The number of hydrogen-bond donors (Lipinski definition) is 1. The van der Waals surface area contributed by atoms with E-state index in [1.54, 1.807) is 24.8 Å². The zero-order valence-corrected chi connectivity index (χ0v) is 9.61. The van der Waals surface area contributed by atoms with Crippen molar-refractivity contribution in [3.8, 4) is 0 Å². The Morgan fingerprint density at radius 3 is 2.38 bits per heavy atom. The van der Waals surface area contributed by atoms with Crippen LogP contribution in [-0.2, 0) is 6.54 Å². The van der Waals surface area contributed by atoms with Crippen molar-refractivity contribution in [1.29, 1.82) is 0 Å². The maximum absolute atomic E-state index is 5.44. The molecule has 0 aromatic carbocycles. The van der Waals surface area contributed by atoms with Gasteiger partial charge in [0.1, 0.15) is 5.03 Å². The molecule has 0 fully saturated rings. The Morgan fingerprint density at radius 2 is 1.81 bits per heavy atom. The zero-order chi connectivity index (χ0) is 11.4. The average Bonchev–Trinajstić information content (AvgIpc) is 2.33. The fourth-order valence-corrected chi connectivity index (χ4v) is 1.64. The summed E-state index contributed by atoms with van der Waals surface area (Å²) in [5, 5.41) is 1.43. The van der Waals surface area contributed by atoms with E-state index < -0.39 is 0 Å². The zero-order valence-electron chi connectivity index (χ0n) is 8.79. The number of hydrogen-bond acceptors (Lipinski definition) is 6. The highest BCUT2D eigenvalue weighted by molar-refractivity contribution is 7.99. The van der Waals surface area contributed by atoms with Gasteiger partial charge in [-0.25, -0.2) is 15.0 Å². The molecule has 5 nitrogen and oxygen atoms in total. The van der Waals surface area contributed by atoms with E-state index in [2.05, 4.69) is 19.9 Å². The highest BCUT2D eigenvalue weighted by atomic mass is 32.2. The minimum absolute atomic E-state index is 0.402. The summed E-state index contributed by atoms with van der Waals surface area (Å²) in [5.41, 5.74) is 7.24. The molecule has 16 heavy (non-hydrogen) atoms. The molecule has 0 aliphatic rings. The maximum atomic E-state index is 5.44. The highest BCUT2D eigenvalue weighted by Gasteiger charge is 2.02. The Kier molecular flexibility index (Phi) is 3.43. The predicted molar refractivity (Wildman–Crippen MR) is 60.8 cm³/mol. The van der Waals surface area contributed by atoms with Crippen molar-refractivity contribution in [2.45, 2.75) is 23.7 Å². The van der Waals surface area contributed by atoms with Crippen molar-refractivity contribution in [2.24, 2.45) is 5.73 Å². The van der Waals surface area contributed by atoms with Gasteiger partial charge < -0.3 is 5.73 Å². The molecule has 0 amide bonds. The van der Waals surface area contributed by atoms with Crippen LogP contribution in [0.4, 0.5) is 0 Å². The van der Waals surface area contributed by atoms with Crippen molar-refractivity contribution >= 4 is 11.8 Å². The van der Waals surface area contributed by atoms with Gasteiger partial charge in [-0.3, -0.25) is 4.98 Å². The van der Waals surface area contributed by atoms with E-state index in [1.165, 1.54) is 11.8 Å². The van der Waals surface area contributed by atoms with Crippen LogP contribution in [0.2, 0.25) is 0 Å². The number of aryl methyl sites for hydroxylation is 1. The van der Waals surface area contributed by atoms with E-state index in [0.717, 1.165) is 16.3 Å². The Bertz CT molecular complexity index is 454. The molecule has 2 aromatic heterocycles. The maximum Gasteiger partial charge on any atom is 0.193 e. The average molecular weight is 233 g/mol. The normalized spacial score (nSPS) is 10.4. The smallest absolute Gasteiger partial charge is 0.193 e. The van der Waals surface area contributed by atoms with Crippen LogP contribution >= 0.6 is 11.8 Å². The second-order valence-electron chi connectivity index (χ2n) is 3.20. The lowest BCUT2D eigenvalue weighted by molar-refractivity contribution is 0.910. The summed E-state index contributed by atoms with van der Waals surface area (Å²) in [7, 11) is 0. The van der Waals surface area contributed by atoms with Crippen molar-refractivity contribution in [3.05, 3.63) is 36.0 Å². The number of nitrogens with zero attached hydrogens (tertiary/aromatic N) is 4. The monoisotopic (exact) mass is 233 g/mol. The molecule has 0 saturated heterocycles. The SMILES string of the molecule is Cc1cnc(Sc2cnc(CN)cn2)nc1. The van der Waals surface area contributed by atoms with Gasteiger partial charge >= 0.3 is 0 Å². The first-order chi connectivity index (χ1) is 7.78. The molecule has 0 aliphatic heterocycles. The molecule has 82 valence electrons. The Morgan fingerprint density at radius 1 is 1.06 bits per heavy atom. The second kappa shape index (κ2) is 5.00. The van der Waals surface area contributed by atoms with Crippen LogP contribution in [0.3, 0.4) is 0 Å². The molecule has 2 aromatic rings. The summed E-state index contributed by atoms with van der Waals surface area (Å²) in [6.07, 6.45) is 6.89. The van der Waals surface area contributed by atoms with Gasteiger partial charge in [0.15, 0.2) is 5.16 Å². The standard InChI is InChI=1S/C10H11N5S/c1-7-3-14-10(15-4-7)16-9-6-12-8(2-11)5-13-9/h3-6H,2,11H2,1H3. The van der Waals surface area contributed by atoms with Crippen LogP contribution in [0.1, 0.15) is 11.3 Å². The molecule has 2 heterocycles. The minimum Gasteiger partial charge on any atom is -0.325 e. The van der Waals surface area contributed by atoms with E-state index in [0.29, 0.717) is 11.7 Å². The first-order valence-electron chi connectivity index (χ1n) is 4.75. The van der Waals surface area contributed by atoms with Crippen molar-refractivity contribution in [1.82, 2.24) is 19.9 Å². The summed E-state index contributed by atoms with van der Waals surface area (Å²) in [6, 6.07) is 0. The van der Waals surface area contributed by atoms with Gasteiger partial charge in [0.05, 0.1) is 18.1 Å². The summed E-state index contributed by atoms with van der Waals surface area (Å²) in [5.74, 6) is 0. The van der Waals surface area contributed by atoms with E-state index in [4.69, 9.17) is 5.73 Å². The van der Waals surface area contributed by atoms with E-state index in [9.17, 15) is 0 Å². The molecule has 0 saturated carbocycles. The van der Waals surface area contributed by atoms with Gasteiger partial charge in [0.2, 0.25) is 0 Å². The summed E-state index contributed by atoms with van der Waals surface area (Å²) in [4.78, 5) is 16.7. The first kappa shape index (κ1) is 11.0. The Labute approximate surface area is 97.6 Å². The van der Waals surface area contributed by atoms with E-state index >= 15 is 0 Å². The molecular formula is C10H11N5S. The van der Waals surface area contributed by atoms with Gasteiger partial charge in [0.25, 0.3) is 0 Å². The Hall–Kier alpha value is -1.53. The lowest BCUT2D eigenvalue weighted by atomic mass is 10.4. The fraction of sp³-hybridized carbons (Fsp3) is 0.200. The van der Waals surface area contributed by atoms with Crippen molar-refractivity contribution in [2.75, 3.05) is 0 Å². The van der Waals surface area contributed by atoms with Gasteiger partial charge in [-0.2, -0.15) is 0 Å². The van der Waals surface area contributed by atoms with Crippen LogP contribution in [0, 0.1) is 6.92 Å². The third-order valence-electron chi connectivity index (χ3n) is 1.84. The summed E-state index contributed by atoms with van der Waals surface area (Å²) >= 11 is 1.38. The topological polar surface area (TPSA) is 77.6 Å². The highest BCUT2D eigenvalue weighted by Crippen LogP contribution is 2.20. The molecule has 0 aliphatic carbocycles. The van der Waals surface area contributed by atoms with Gasteiger partial charge in [-0.15, -0.1) is 0 Å². The van der Waals surface area contributed by atoms with Gasteiger partial charge in [0, 0.05) is 18.9 Å². The molecular weight excluding hydrogens is 222 g/mol. The molecule has 0 radical (unpaired) electrons. The fourth-order valence-electron chi connectivity index (χ4n) is 1.03. The lowest BCUT2D eigenvalue weighted by Crippen LogP contribution is -2.00. The van der Waals surface area contributed by atoms with E-state index in [1.807, 2.05) is 6.92 Å². The summed E-state index contributed by atoms with van der Waals surface area (Å²) < 4.78 is 0. The molecule has 2 rings (SSSR count). The minimum atomic E-state index is 0.402. The Balaban J connectivity index is 2.11. The van der Waals surface area contributed by atoms with Crippen LogP contribution in [0.15, 0.2) is 35.0 Å². The van der Waals surface area contributed by atoms with Crippen molar-refractivity contribution < 1.29 is 0 Å². The van der Waals surface area contributed by atoms with Crippen LogP contribution < -0.4 is 5.73 Å². The largest absolute Gasteiger partial charge is 0.325 e. The molecule has 0 spiro atoms. The van der Waals surface area contributed by atoms with Gasteiger partial charge in [-0.1, -0.05) is 0 Å². The summed E-state index contributed by atoms with van der Waals surface area (Å²) in [6.45, 7) is 2.35. The first-order valence-corrected chi connectivity index (χ1v) is 5.57. The molecule has 0 unspecified atom stereocenters. The molecule has 6 heteroatoms. The third-order valence-corrected chi connectivity index (χ3v) is 2.66. The molecule has 0 bridgehead atoms. The molecule has 0 atom stereocenters.